The molecule has 3 N–H and O–H groups in total. The Labute approximate surface area is 159 Å². The first-order valence-corrected chi connectivity index (χ1v) is 9.25. The van der Waals surface area contributed by atoms with Gasteiger partial charge >= 0.3 is 0 Å². The molecule has 1 fully saturated rings. The van der Waals surface area contributed by atoms with Crippen molar-refractivity contribution in [3.05, 3.63) is 18.2 Å². The number of nitrogens with two attached hydrogens (primary N) is 1. The molecule has 7 nitrogen and oxygen atoms in total. The van der Waals surface area contributed by atoms with Crippen molar-refractivity contribution in [2.24, 2.45) is 16.6 Å². The van der Waals surface area contributed by atoms with Crippen LogP contribution in [0.15, 0.2) is 23.2 Å². The second-order valence-corrected chi connectivity index (χ2v) is 7.77. The van der Waals surface area contributed by atoms with Crippen molar-refractivity contribution in [1.29, 1.82) is 0 Å². The number of aliphatic imine (C=N–C) groups is 1. The van der Waals surface area contributed by atoms with Crippen LogP contribution in [0.1, 0.15) is 12.8 Å². The minimum Gasteiger partial charge on any atom is -0.497 e. The Hall–Kier alpha value is -1.23. The monoisotopic (exact) mass is 469 g/mol. The van der Waals surface area contributed by atoms with E-state index in [2.05, 4.69) is 10.3 Å². The van der Waals surface area contributed by atoms with E-state index < -0.39 is 9.84 Å². The summed E-state index contributed by atoms with van der Waals surface area (Å²) < 4.78 is 33.7. The number of guanidine groups is 1. The maximum atomic E-state index is 11.6. The van der Waals surface area contributed by atoms with Crippen molar-refractivity contribution in [2.75, 3.05) is 37.6 Å². The maximum absolute atomic E-state index is 11.6. The highest BCUT2D eigenvalue weighted by Crippen LogP contribution is 2.28. The summed E-state index contributed by atoms with van der Waals surface area (Å²) in [5.41, 5.74) is 6.54. The van der Waals surface area contributed by atoms with E-state index in [1.807, 2.05) is 0 Å². The molecule has 1 aromatic carbocycles. The van der Waals surface area contributed by atoms with Gasteiger partial charge in [-0.1, -0.05) is 0 Å². The van der Waals surface area contributed by atoms with E-state index in [0.717, 1.165) is 6.42 Å². The number of ether oxygens (including phenoxy) is 2. The van der Waals surface area contributed by atoms with Gasteiger partial charge in [-0.15, -0.1) is 24.0 Å². The lowest BCUT2D eigenvalue weighted by molar-refractivity contribution is 0.405. The second kappa shape index (κ2) is 9.30. The Morgan fingerprint density at radius 3 is 2.75 bits per heavy atom. The van der Waals surface area contributed by atoms with Crippen molar-refractivity contribution in [1.82, 2.24) is 0 Å². The van der Waals surface area contributed by atoms with Crippen LogP contribution >= 0.6 is 24.0 Å². The lowest BCUT2D eigenvalue weighted by Gasteiger charge is -2.20. The van der Waals surface area contributed by atoms with E-state index >= 15 is 0 Å². The molecule has 0 spiro atoms. The molecule has 0 saturated carbocycles. The summed E-state index contributed by atoms with van der Waals surface area (Å²) in [5.74, 6) is 2.00. The first kappa shape index (κ1) is 20.8. The van der Waals surface area contributed by atoms with Gasteiger partial charge < -0.3 is 20.5 Å². The topological polar surface area (TPSA) is 103 Å². The van der Waals surface area contributed by atoms with Crippen LogP contribution in [-0.4, -0.2) is 46.6 Å². The van der Waals surface area contributed by atoms with Gasteiger partial charge in [0, 0.05) is 12.6 Å². The number of nitrogens with zero attached hydrogens (tertiary/aromatic N) is 1. The summed E-state index contributed by atoms with van der Waals surface area (Å²) in [6, 6.07) is 5.30. The highest BCUT2D eigenvalue weighted by atomic mass is 127. The molecular formula is C15H24IN3O4S. The van der Waals surface area contributed by atoms with Crippen LogP contribution in [0.3, 0.4) is 0 Å². The van der Waals surface area contributed by atoms with Gasteiger partial charge in [-0.2, -0.15) is 0 Å². The van der Waals surface area contributed by atoms with Gasteiger partial charge in [0.1, 0.15) is 11.5 Å². The lowest BCUT2D eigenvalue weighted by atomic mass is 10.1. The molecule has 1 aliphatic rings. The minimum atomic E-state index is -2.93. The molecule has 24 heavy (non-hydrogen) atoms. The molecule has 0 aromatic heterocycles. The normalized spacial score (nSPS) is 19.9. The van der Waals surface area contributed by atoms with Crippen LogP contribution in [-0.2, 0) is 9.84 Å². The van der Waals surface area contributed by atoms with Crippen LogP contribution < -0.4 is 20.5 Å². The third-order valence-corrected chi connectivity index (χ3v) is 5.64. The van der Waals surface area contributed by atoms with E-state index in [0.29, 0.717) is 30.2 Å². The molecule has 9 heteroatoms. The summed E-state index contributed by atoms with van der Waals surface area (Å²) >= 11 is 0. The molecular weight excluding hydrogens is 445 g/mol. The third-order valence-electron chi connectivity index (χ3n) is 3.75. The molecule has 0 amide bonds. The smallest absolute Gasteiger partial charge is 0.193 e. The largest absolute Gasteiger partial charge is 0.497 e. The average Bonchev–Trinajstić information content (AvgIpc) is 2.52. The predicted molar refractivity (Wildman–Crippen MR) is 106 cm³/mol. The molecule has 136 valence electrons. The fraction of sp³-hybridized carbons (Fsp3) is 0.533. The number of benzene rings is 1. The van der Waals surface area contributed by atoms with Gasteiger partial charge in [-0.3, -0.25) is 4.99 Å². The summed E-state index contributed by atoms with van der Waals surface area (Å²) in [6.07, 6.45) is 1.55. The molecule has 0 aliphatic carbocycles. The highest BCUT2D eigenvalue weighted by Gasteiger charge is 2.24. The molecule has 0 bridgehead atoms. The predicted octanol–water partition coefficient (Wildman–Crippen LogP) is 1.87. The quantitative estimate of drug-likeness (QED) is 0.388. The Balaban J connectivity index is 0.00000288. The van der Waals surface area contributed by atoms with Crippen molar-refractivity contribution in [2.45, 2.75) is 12.8 Å². The van der Waals surface area contributed by atoms with E-state index in [9.17, 15) is 8.42 Å². The van der Waals surface area contributed by atoms with Crippen molar-refractivity contribution in [3.8, 4) is 11.5 Å². The molecule has 2 rings (SSSR count). The maximum Gasteiger partial charge on any atom is 0.193 e. The molecule has 0 radical (unpaired) electrons. The van der Waals surface area contributed by atoms with Gasteiger partial charge in [0.2, 0.25) is 0 Å². The zero-order chi connectivity index (χ0) is 16.9. The highest BCUT2D eigenvalue weighted by molar-refractivity contribution is 14.0. The van der Waals surface area contributed by atoms with Crippen LogP contribution in [0.4, 0.5) is 5.69 Å². The van der Waals surface area contributed by atoms with Gasteiger partial charge in [-0.25, -0.2) is 8.42 Å². The van der Waals surface area contributed by atoms with Crippen LogP contribution in [0.25, 0.3) is 0 Å². The van der Waals surface area contributed by atoms with Crippen molar-refractivity contribution >= 4 is 45.5 Å². The summed E-state index contributed by atoms with van der Waals surface area (Å²) in [6.45, 7) is 0.393. The standard InChI is InChI=1S/C15H23N3O4S.HI/c1-21-12-5-6-14(22-2)13(8-12)18-15(16)17-9-11-4-3-7-23(19,20)10-11;/h5-6,8,11H,3-4,7,9-10H2,1-2H3,(H3,16,17,18);1H. The number of sulfone groups is 1. The van der Waals surface area contributed by atoms with E-state index in [1.54, 1.807) is 32.4 Å². The van der Waals surface area contributed by atoms with Crippen LogP contribution in [0.2, 0.25) is 0 Å². The SMILES string of the molecule is COc1ccc(OC)c(NC(N)=NCC2CCCS(=O)(=O)C2)c1.I. The number of hydrogen-bond acceptors (Lipinski definition) is 5. The third kappa shape index (κ3) is 6.00. The Bertz CT molecular complexity index is 679. The van der Waals surface area contributed by atoms with Gasteiger partial charge in [-0.05, 0) is 30.9 Å². The minimum absolute atomic E-state index is 0. The average molecular weight is 469 g/mol. The van der Waals surface area contributed by atoms with Gasteiger partial charge in [0.15, 0.2) is 15.8 Å². The molecule has 1 aliphatic heterocycles. The lowest BCUT2D eigenvalue weighted by Crippen LogP contribution is -2.29. The number of rotatable bonds is 5. The van der Waals surface area contributed by atoms with E-state index in [1.165, 1.54) is 0 Å². The first-order chi connectivity index (χ1) is 10.9. The summed E-state index contributed by atoms with van der Waals surface area (Å²) in [4.78, 5) is 4.26. The number of anilines is 1. The summed E-state index contributed by atoms with van der Waals surface area (Å²) in [7, 11) is 0.213. The first-order valence-electron chi connectivity index (χ1n) is 7.43. The molecule has 1 atom stereocenters. The van der Waals surface area contributed by atoms with Gasteiger partial charge in [0.05, 0.1) is 31.4 Å². The van der Waals surface area contributed by atoms with Crippen LogP contribution in [0.5, 0.6) is 11.5 Å². The van der Waals surface area contributed by atoms with E-state index in [-0.39, 0.29) is 47.4 Å². The van der Waals surface area contributed by atoms with Crippen LogP contribution in [0, 0.1) is 5.92 Å². The number of halogens is 1. The molecule has 1 saturated heterocycles. The van der Waals surface area contributed by atoms with Crippen molar-refractivity contribution in [3.63, 3.8) is 0 Å². The Kier molecular flexibility index (Phi) is 8.07. The Morgan fingerprint density at radius 1 is 1.38 bits per heavy atom. The van der Waals surface area contributed by atoms with E-state index in [4.69, 9.17) is 15.2 Å². The molecule has 1 aromatic rings. The van der Waals surface area contributed by atoms with Gasteiger partial charge in [0.25, 0.3) is 0 Å². The van der Waals surface area contributed by atoms with Crippen molar-refractivity contribution < 1.29 is 17.9 Å². The summed E-state index contributed by atoms with van der Waals surface area (Å²) in [5, 5.41) is 2.97. The molecule has 1 unspecified atom stereocenters. The number of nitrogens with one attached hydrogen (secondary N) is 1. The second-order valence-electron chi connectivity index (χ2n) is 5.54. The number of methoxy groups -OCH3 is 2. The molecule has 1 heterocycles. The zero-order valence-electron chi connectivity index (χ0n) is 13.8. The zero-order valence-corrected chi connectivity index (χ0v) is 17.0. The fourth-order valence-corrected chi connectivity index (χ4v) is 4.34. The number of hydrogen-bond donors (Lipinski definition) is 2. The fourth-order valence-electron chi connectivity index (χ4n) is 2.58. The Morgan fingerprint density at radius 2 is 2.12 bits per heavy atom.